The van der Waals surface area contributed by atoms with Gasteiger partial charge in [0.15, 0.2) is 0 Å². The van der Waals surface area contributed by atoms with Gasteiger partial charge in [-0.05, 0) is 17.7 Å². The van der Waals surface area contributed by atoms with Crippen LogP contribution in [0.5, 0.6) is 0 Å². The number of aldehydes is 1. The number of hydrogen-bond donors (Lipinski definition) is 1. The highest BCUT2D eigenvalue weighted by Gasteiger charge is 2.21. The maximum Gasteiger partial charge on any atom is 0.394 e. The van der Waals surface area contributed by atoms with Crippen LogP contribution in [-0.4, -0.2) is 34.7 Å². The van der Waals surface area contributed by atoms with Crippen molar-refractivity contribution in [1.82, 2.24) is 4.90 Å². The van der Waals surface area contributed by atoms with Gasteiger partial charge >= 0.3 is 11.9 Å². The molecule has 1 rings (SSSR count). The number of carbonyl (C=O) groups excluding carboxylic acids is 2. The summed E-state index contributed by atoms with van der Waals surface area (Å²) in [6.45, 7) is -0.554. The van der Waals surface area contributed by atoms with Crippen molar-refractivity contribution in [3.8, 4) is 0 Å². The fourth-order valence-corrected chi connectivity index (χ4v) is 1.53. The third-order valence-corrected chi connectivity index (χ3v) is 2.49. The van der Waals surface area contributed by atoms with Gasteiger partial charge in [0.2, 0.25) is 0 Å². The number of carboxylic acid groups (broad SMARTS) is 1. The van der Waals surface area contributed by atoms with Crippen LogP contribution in [0.3, 0.4) is 0 Å². The number of aliphatic carboxylic acids is 1. The molecule has 0 saturated carbocycles. The molecule has 7 heteroatoms. The van der Waals surface area contributed by atoms with Crippen LogP contribution in [-0.2, 0) is 20.9 Å². The van der Waals surface area contributed by atoms with Gasteiger partial charge in [-0.25, -0.2) is 9.18 Å². The zero-order chi connectivity index (χ0) is 13.7. The van der Waals surface area contributed by atoms with Crippen LogP contribution in [0, 0.1) is 5.82 Å². The summed E-state index contributed by atoms with van der Waals surface area (Å²) in [7, 11) is 0. The van der Waals surface area contributed by atoms with Crippen molar-refractivity contribution in [2.75, 3.05) is 6.54 Å². The molecule has 96 valence electrons. The lowest BCUT2D eigenvalue weighted by Gasteiger charge is -2.18. The van der Waals surface area contributed by atoms with Crippen molar-refractivity contribution in [2.24, 2.45) is 0 Å². The molecule has 0 radical (unpaired) electrons. The Morgan fingerprint density at radius 2 is 2.11 bits per heavy atom. The van der Waals surface area contributed by atoms with Crippen molar-refractivity contribution in [3.05, 3.63) is 34.6 Å². The monoisotopic (exact) mass is 273 g/mol. The van der Waals surface area contributed by atoms with E-state index >= 15 is 0 Å². The van der Waals surface area contributed by atoms with Gasteiger partial charge in [-0.15, -0.1) is 0 Å². The number of carbonyl (C=O) groups is 3. The van der Waals surface area contributed by atoms with E-state index in [1.165, 1.54) is 6.07 Å². The van der Waals surface area contributed by atoms with Crippen LogP contribution in [0.25, 0.3) is 0 Å². The standard InChI is InChI=1S/C11H9ClFNO4/c12-9-5-8(13)2-1-7(9)6-14(3-4-15)10(16)11(17)18/h1-2,4-5H,3,6H2,(H,17,18). The summed E-state index contributed by atoms with van der Waals surface area (Å²) in [4.78, 5) is 33.0. The molecule has 0 saturated heterocycles. The second kappa shape index (κ2) is 6.11. The zero-order valence-corrected chi connectivity index (χ0v) is 9.85. The van der Waals surface area contributed by atoms with Crippen molar-refractivity contribution in [3.63, 3.8) is 0 Å². The van der Waals surface area contributed by atoms with E-state index < -0.39 is 17.7 Å². The van der Waals surface area contributed by atoms with Gasteiger partial charge in [0, 0.05) is 11.6 Å². The Morgan fingerprint density at radius 3 is 2.61 bits per heavy atom. The fraction of sp³-hybridized carbons (Fsp3) is 0.182. The highest BCUT2D eigenvalue weighted by atomic mass is 35.5. The summed E-state index contributed by atoms with van der Waals surface area (Å²) in [5.41, 5.74) is 0.356. The molecule has 1 N–H and O–H groups in total. The number of rotatable bonds is 4. The van der Waals surface area contributed by atoms with E-state index in [1.54, 1.807) is 0 Å². The molecule has 0 aliphatic rings. The van der Waals surface area contributed by atoms with Crippen molar-refractivity contribution in [1.29, 1.82) is 0 Å². The first-order valence-electron chi connectivity index (χ1n) is 4.85. The molecule has 0 aliphatic heterocycles. The third-order valence-electron chi connectivity index (χ3n) is 2.14. The lowest BCUT2D eigenvalue weighted by atomic mass is 10.2. The third kappa shape index (κ3) is 3.53. The van der Waals surface area contributed by atoms with E-state index in [2.05, 4.69) is 0 Å². The average molecular weight is 274 g/mol. The summed E-state index contributed by atoms with van der Waals surface area (Å²) in [6, 6.07) is 3.50. The molecule has 0 atom stereocenters. The molecule has 0 aromatic heterocycles. The van der Waals surface area contributed by atoms with Crippen LogP contribution in [0.4, 0.5) is 4.39 Å². The number of benzene rings is 1. The Hall–Kier alpha value is -1.95. The normalized spacial score (nSPS) is 9.89. The molecule has 0 fully saturated rings. The number of nitrogens with zero attached hydrogens (tertiary/aromatic N) is 1. The summed E-state index contributed by atoms with van der Waals surface area (Å²) in [6.07, 6.45) is 0.401. The van der Waals surface area contributed by atoms with Gasteiger partial charge in [0.1, 0.15) is 12.1 Å². The van der Waals surface area contributed by atoms with Gasteiger partial charge in [0.25, 0.3) is 0 Å². The van der Waals surface area contributed by atoms with Crippen molar-refractivity contribution in [2.45, 2.75) is 6.54 Å². The SMILES string of the molecule is O=CCN(Cc1ccc(F)cc1Cl)C(=O)C(=O)O. The Balaban J connectivity index is 2.92. The minimum absolute atomic E-state index is 0.0593. The van der Waals surface area contributed by atoms with E-state index in [0.29, 0.717) is 11.8 Å². The fourth-order valence-electron chi connectivity index (χ4n) is 1.30. The topological polar surface area (TPSA) is 74.7 Å². The minimum Gasteiger partial charge on any atom is -0.474 e. The summed E-state index contributed by atoms with van der Waals surface area (Å²) < 4.78 is 12.8. The molecule has 18 heavy (non-hydrogen) atoms. The molecule has 1 aromatic rings. The highest BCUT2D eigenvalue weighted by Crippen LogP contribution is 2.19. The predicted molar refractivity (Wildman–Crippen MR) is 60.5 cm³/mol. The van der Waals surface area contributed by atoms with E-state index in [-0.39, 0.29) is 18.1 Å². The molecule has 1 amide bonds. The lowest BCUT2D eigenvalue weighted by Crippen LogP contribution is -2.37. The van der Waals surface area contributed by atoms with Crippen LogP contribution >= 0.6 is 11.6 Å². The van der Waals surface area contributed by atoms with Crippen molar-refractivity contribution < 1.29 is 23.9 Å². The van der Waals surface area contributed by atoms with E-state index in [9.17, 15) is 18.8 Å². The summed E-state index contributed by atoms with van der Waals surface area (Å²) in [5.74, 6) is -3.44. The van der Waals surface area contributed by atoms with Gasteiger partial charge in [0.05, 0.1) is 6.54 Å². The lowest BCUT2D eigenvalue weighted by molar-refractivity contribution is -0.156. The van der Waals surface area contributed by atoms with E-state index in [0.717, 1.165) is 17.0 Å². The molecule has 0 unspecified atom stereocenters. The molecular weight excluding hydrogens is 265 g/mol. The predicted octanol–water partition coefficient (Wildman–Crippen LogP) is 1.09. The molecular formula is C11H9ClFNO4. The van der Waals surface area contributed by atoms with Gasteiger partial charge in [-0.1, -0.05) is 17.7 Å². The summed E-state index contributed by atoms with van der Waals surface area (Å²) >= 11 is 5.74. The Bertz CT molecular complexity index is 492. The maximum absolute atomic E-state index is 12.8. The molecule has 1 aromatic carbocycles. The number of hydrogen-bond acceptors (Lipinski definition) is 3. The van der Waals surface area contributed by atoms with Crippen LogP contribution in [0.2, 0.25) is 5.02 Å². The quantitative estimate of drug-likeness (QED) is 0.658. The average Bonchev–Trinajstić information content (AvgIpc) is 2.30. The summed E-state index contributed by atoms with van der Waals surface area (Å²) in [5, 5.41) is 8.63. The second-order valence-electron chi connectivity index (χ2n) is 3.39. The smallest absolute Gasteiger partial charge is 0.394 e. The first-order valence-corrected chi connectivity index (χ1v) is 5.23. The number of halogens is 2. The van der Waals surface area contributed by atoms with Gasteiger partial charge in [-0.2, -0.15) is 0 Å². The molecule has 0 bridgehead atoms. The van der Waals surface area contributed by atoms with Crippen LogP contribution in [0.15, 0.2) is 18.2 Å². The first kappa shape index (κ1) is 14.1. The minimum atomic E-state index is -1.67. The van der Waals surface area contributed by atoms with Gasteiger partial charge < -0.3 is 14.8 Å². The van der Waals surface area contributed by atoms with E-state index in [4.69, 9.17) is 16.7 Å². The first-order chi connectivity index (χ1) is 8.45. The Kier molecular flexibility index (Phi) is 4.79. The second-order valence-corrected chi connectivity index (χ2v) is 3.80. The van der Waals surface area contributed by atoms with E-state index in [1.807, 2.05) is 0 Å². The number of carboxylic acids is 1. The highest BCUT2D eigenvalue weighted by molar-refractivity contribution is 6.32. The van der Waals surface area contributed by atoms with Crippen LogP contribution < -0.4 is 0 Å². The molecule has 0 heterocycles. The Labute approximate surface area is 107 Å². The number of amides is 1. The maximum atomic E-state index is 12.8. The zero-order valence-electron chi connectivity index (χ0n) is 9.10. The van der Waals surface area contributed by atoms with Crippen LogP contribution in [0.1, 0.15) is 5.56 Å². The largest absolute Gasteiger partial charge is 0.474 e. The Morgan fingerprint density at radius 1 is 1.44 bits per heavy atom. The van der Waals surface area contributed by atoms with Crippen molar-refractivity contribution >= 4 is 29.8 Å². The molecule has 0 spiro atoms. The van der Waals surface area contributed by atoms with Gasteiger partial charge in [-0.3, -0.25) is 4.79 Å². The molecule has 5 nitrogen and oxygen atoms in total. The molecule has 0 aliphatic carbocycles.